The average molecular weight is 391 g/mol. The van der Waals surface area contributed by atoms with Crippen LogP contribution in [0.1, 0.15) is 40.5 Å². The van der Waals surface area contributed by atoms with Crippen molar-refractivity contribution < 1.29 is 33.3 Å². The fourth-order valence-electron chi connectivity index (χ4n) is 1.90. The third kappa shape index (κ3) is 18.3. The Labute approximate surface area is 164 Å². The summed E-state index contributed by atoms with van der Waals surface area (Å²) in [6.45, 7) is 12.4. The zero-order chi connectivity index (χ0) is 20.3. The summed E-state index contributed by atoms with van der Waals surface area (Å²) in [4.78, 5) is 22.8. The number of Topliss-reactive ketones (excluding diaryl/α,β-unsaturated/α-hetero) is 2. The standard InChI is InChI=1S/C20H38O7/c1-17(2)19(21)5-7-23-9-11-25-13-15-27-16-14-26-12-10-24-8-6-20(22)18(3)4/h17-18H,5-16H2,1-4H3. The minimum absolute atomic E-state index is 0.0684. The lowest BCUT2D eigenvalue weighted by molar-refractivity contribution is -0.123. The SMILES string of the molecule is CC(C)C(=O)CCOCCOCCOCCOCCOCCC(=O)C(C)C. The van der Waals surface area contributed by atoms with Crippen molar-refractivity contribution in [1.82, 2.24) is 0 Å². The molecule has 0 bridgehead atoms. The summed E-state index contributed by atoms with van der Waals surface area (Å²) < 4.78 is 26.8. The number of carbonyl (C=O) groups is 2. The highest BCUT2D eigenvalue weighted by Crippen LogP contribution is 1.99. The van der Waals surface area contributed by atoms with Crippen LogP contribution in [0, 0.1) is 11.8 Å². The van der Waals surface area contributed by atoms with Crippen molar-refractivity contribution in [3.63, 3.8) is 0 Å². The van der Waals surface area contributed by atoms with E-state index < -0.39 is 0 Å². The van der Waals surface area contributed by atoms with Crippen LogP contribution < -0.4 is 0 Å². The average Bonchev–Trinajstić information content (AvgIpc) is 2.63. The summed E-state index contributed by atoms with van der Waals surface area (Å²) >= 11 is 0. The van der Waals surface area contributed by atoms with Gasteiger partial charge in [-0.3, -0.25) is 9.59 Å². The molecule has 0 aliphatic heterocycles. The quantitative estimate of drug-likeness (QED) is 0.295. The van der Waals surface area contributed by atoms with Crippen LogP contribution in [0.5, 0.6) is 0 Å². The van der Waals surface area contributed by atoms with Crippen molar-refractivity contribution in [3.8, 4) is 0 Å². The van der Waals surface area contributed by atoms with Crippen LogP contribution in [0.4, 0.5) is 0 Å². The second kappa shape index (κ2) is 18.5. The summed E-state index contributed by atoms with van der Waals surface area (Å²) in [5.74, 6) is 0.580. The van der Waals surface area contributed by atoms with Gasteiger partial charge < -0.3 is 23.7 Å². The monoisotopic (exact) mass is 390 g/mol. The highest BCUT2D eigenvalue weighted by atomic mass is 16.6. The molecule has 0 spiro atoms. The molecule has 7 nitrogen and oxygen atoms in total. The van der Waals surface area contributed by atoms with Crippen LogP contribution >= 0.6 is 0 Å². The lowest BCUT2D eigenvalue weighted by Crippen LogP contribution is -2.15. The number of hydrogen-bond acceptors (Lipinski definition) is 7. The molecular weight excluding hydrogens is 352 g/mol. The van der Waals surface area contributed by atoms with Gasteiger partial charge in [0.15, 0.2) is 0 Å². The van der Waals surface area contributed by atoms with E-state index in [4.69, 9.17) is 23.7 Å². The Morgan fingerprint density at radius 1 is 0.481 bits per heavy atom. The smallest absolute Gasteiger partial charge is 0.137 e. The molecule has 0 fully saturated rings. The number of ether oxygens (including phenoxy) is 5. The summed E-state index contributed by atoms with van der Waals surface area (Å²) in [7, 11) is 0. The van der Waals surface area contributed by atoms with Gasteiger partial charge in [-0.25, -0.2) is 0 Å². The van der Waals surface area contributed by atoms with Crippen LogP contribution in [-0.2, 0) is 33.3 Å². The Kier molecular flexibility index (Phi) is 17.9. The van der Waals surface area contributed by atoms with E-state index in [1.165, 1.54) is 0 Å². The van der Waals surface area contributed by atoms with Crippen LogP contribution in [0.25, 0.3) is 0 Å². The normalized spacial score (nSPS) is 11.5. The van der Waals surface area contributed by atoms with Crippen molar-refractivity contribution in [2.24, 2.45) is 11.8 Å². The Morgan fingerprint density at radius 2 is 0.704 bits per heavy atom. The van der Waals surface area contributed by atoms with Gasteiger partial charge in [0.05, 0.1) is 66.1 Å². The van der Waals surface area contributed by atoms with E-state index in [0.29, 0.717) is 78.9 Å². The van der Waals surface area contributed by atoms with Gasteiger partial charge in [0.25, 0.3) is 0 Å². The van der Waals surface area contributed by atoms with Gasteiger partial charge in [0, 0.05) is 24.7 Å². The lowest BCUT2D eigenvalue weighted by Gasteiger charge is -2.08. The zero-order valence-corrected chi connectivity index (χ0v) is 17.5. The van der Waals surface area contributed by atoms with Gasteiger partial charge in [-0.05, 0) is 0 Å². The molecule has 0 aromatic carbocycles. The van der Waals surface area contributed by atoms with Crippen molar-refractivity contribution in [2.45, 2.75) is 40.5 Å². The van der Waals surface area contributed by atoms with E-state index in [-0.39, 0.29) is 23.4 Å². The molecule has 0 N–H and O–H groups in total. The molecule has 0 saturated carbocycles. The third-order valence-corrected chi connectivity index (χ3v) is 3.76. The van der Waals surface area contributed by atoms with Gasteiger partial charge in [-0.1, -0.05) is 27.7 Å². The van der Waals surface area contributed by atoms with Crippen molar-refractivity contribution in [3.05, 3.63) is 0 Å². The Morgan fingerprint density at radius 3 is 0.926 bits per heavy atom. The molecule has 0 aliphatic rings. The molecule has 7 heteroatoms. The maximum Gasteiger partial charge on any atom is 0.137 e. The van der Waals surface area contributed by atoms with Gasteiger partial charge in [-0.2, -0.15) is 0 Å². The molecule has 0 aliphatic carbocycles. The number of rotatable bonds is 20. The predicted octanol–water partition coefficient (Wildman–Crippen LogP) is 2.30. The maximum absolute atomic E-state index is 11.4. The number of ketones is 2. The molecule has 0 radical (unpaired) electrons. The van der Waals surface area contributed by atoms with Gasteiger partial charge in [0.2, 0.25) is 0 Å². The molecule has 0 heterocycles. The molecule has 0 unspecified atom stereocenters. The first kappa shape index (κ1) is 26.1. The lowest BCUT2D eigenvalue weighted by atomic mass is 10.1. The molecule has 27 heavy (non-hydrogen) atoms. The molecule has 0 aromatic heterocycles. The molecule has 0 saturated heterocycles. The molecule has 0 aromatic rings. The highest BCUT2D eigenvalue weighted by molar-refractivity contribution is 5.80. The Hall–Kier alpha value is -0.860. The van der Waals surface area contributed by atoms with Gasteiger partial charge >= 0.3 is 0 Å². The number of carbonyl (C=O) groups excluding carboxylic acids is 2. The minimum Gasteiger partial charge on any atom is -0.379 e. The predicted molar refractivity (Wildman–Crippen MR) is 103 cm³/mol. The largest absolute Gasteiger partial charge is 0.379 e. The second-order valence-corrected chi connectivity index (χ2v) is 6.80. The first-order valence-electron chi connectivity index (χ1n) is 9.89. The number of hydrogen-bond donors (Lipinski definition) is 0. The van der Waals surface area contributed by atoms with Crippen molar-refractivity contribution >= 4 is 11.6 Å². The van der Waals surface area contributed by atoms with E-state index in [2.05, 4.69) is 0 Å². The van der Waals surface area contributed by atoms with Gasteiger partial charge in [-0.15, -0.1) is 0 Å². The fraction of sp³-hybridized carbons (Fsp3) is 0.900. The zero-order valence-electron chi connectivity index (χ0n) is 17.5. The van der Waals surface area contributed by atoms with Crippen LogP contribution in [0.2, 0.25) is 0 Å². The summed E-state index contributed by atoms with van der Waals surface area (Å²) in [6, 6.07) is 0. The van der Waals surface area contributed by atoms with Gasteiger partial charge in [0.1, 0.15) is 11.6 Å². The highest BCUT2D eigenvalue weighted by Gasteiger charge is 2.06. The van der Waals surface area contributed by atoms with Crippen molar-refractivity contribution in [2.75, 3.05) is 66.1 Å². The van der Waals surface area contributed by atoms with E-state index in [1.54, 1.807) is 0 Å². The van der Waals surface area contributed by atoms with Crippen LogP contribution in [-0.4, -0.2) is 77.6 Å². The first-order valence-corrected chi connectivity index (χ1v) is 9.89. The van der Waals surface area contributed by atoms with E-state index in [1.807, 2.05) is 27.7 Å². The van der Waals surface area contributed by atoms with E-state index in [0.717, 1.165) is 0 Å². The minimum atomic E-state index is 0.0684. The first-order chi connectivity index (χ1) is 12.9. The molecule has 0 atom stereocenters. The fourth-order valence-corrected chi connectivity index (χ4v) is 1.90. The summed E-state index contributed by atoms with van der Waals surface area (Å²) in [6.07, 6.45) is 0.920. The third-order valence-electron chi connectivity index (χ3n) is 3.76. The van der Waals surface area contributed by atoms with Crippen LogP contribution in [0.15, 0.2) is 0 Å². The Bertz CT molecular complexity index is 335. The topological polar surface area (TPSA) is 80.3 Å². The summed E-state index contributed by atoms with van der Waals surface area (Å²) in [5.41, 5.74) is 0. The summed E-state index contributed by atoms with van der Waals surface area (Å²) in [5, 5.41) is 0. The second-order valence-electron chi connectivity index (χ2n) is 6.80. The Balaban J connectivity index is 3.13. The molecule has 160 valence electrons. The molecule has 0 amide bonds. The van der Waals surface area contributed by atoms with E-state index in [9.17, 15) is 9.59 Å². The maximum atomic E-state index is 11.4. The molecule has 0 rings (SSSR count). The molecular formula is C20H38O7. The van der Waals surface area contributed by atoms with Crippen LogP contribution in [0.3, 0.4) is 0 Å². The van der Waals surface area contributed by atoms with Crippen molar-refractivity contribution in [1.29, 1.82) is 0 Å². The van der Waals surface area contributed by atoms with E-state index >= 15 is 0 Å².